The fraction of sp³-hybridized carbons (Fsp3) is 0.353. The quantitative estimate of drug-likeness (QED) is 0.477. The van der Waals surface area contributed by atoms with E-state index in [0.717, 1.165) is 24.2 Å². The number of rotatable bonds is 5. The summed E-state index contributed by atoms with van der Waals surface area (Å²) in [6.45, 7) is 3.64. The fourth-order valence-corrected chi connectivity index (χ4v) is 2.95. The summed E-state index contributed by atoms with van der Waals surface area (Å²) in [7, 11) is 0. The summed E-state index contributed by atoms with van der Waals surface area (Å²) < 4.78 is 7.29. The number of halogens is 1. The molecule has 0 atom stereocenters. The van der Waals surface area contributed by atoms with E-state index in [9.17, 15) is 9.59 Å². The van der Waals surface area contributed by atoms with Gasteiger partial charge in [-0.15, -0.1) is 0 Å². The second-order valence-corrected chi connectivity index (χ2v) is 6.14. The van der Waals surface area contributed by atoms with Crippen molar-refractivity contribution in [1.29, 1.82) is 0 Å². The summed E-state index contributed by atoms with van der Waals surface area (Å²) in [5.74, 6) is -0.780. The predicted molar refractivity (Wildman–Crippen MR) is 86.0 cm³/mol. The van der Waals surface area contributed by atoms with E-state index in [0.29, 0.717) is 11.6 Å². The molecule has 0 unspecified atom stereocenters. The van der Waals surface area contributed by atoms with Crippen LogP contribution in [0.15, 0.2) is 24.4 Å². The second-order valence-electron chi connectivity index (χ2n) is 5.75. The number of carbonyl (C=O) groups is 2. The number of ketones is 1. The molecule has 0 amide bonds. The van der Waals surface area contributed by atoms with Gasteiger partial charge in [0.15, 0.2) is 6.61 Å². The van der Waals surface area contributed by atoms with Crippen molar-refractivity contribution in [1.82, 2.24) is 9.55 Å². The zero-order valence-electron chi connectivity index (χ0n) is 13.0. The molecule has 0 N–H and O–H groups in total. The van der Waals surface area contributed by atoms with E-state index in [-0.39, 0.29) is 23.1 Å². The first-order valence-corrected chi connectivity index (χ1v) is 7.85. The summed E-state index contributed by atoms with van der Waals surface area (Å²) >= 11 is 5.74. The summed E-state index contributed by atoms with van der Waals surface area (Å²) in [6.07, 6.45) is 3.73. The molecule has 0 radical (unpaired) electrons. The van der Waals surface area contributed by atoms with Crippen LogP contribution in [0.5, 0.6) is 0 Å². The number of aryl methyl sites for hydroxylation is 1. The maximum absolute atomic E-state index is 12.3. The largest absolute Gasteiger partial charge is 0.454 e. The first-order chi connectivity index (χ1) is 11.0. The van der Waals surface area contributed by atoms with Crippen molar-refractivity contribution < 1.29 is 14.3 Å². The Labute approximate surface area is 139 Å². The van der Waals surface area contributed by atoms with Crippen molar-refractivity contribution in [3.05, 3.63) is 52.1 Å². The third-order valence-electron chi connectivity index (χ3n) is 3.99. The minimum Gasteiger partial charge on any atom is -0.454 e. The van der Waals surface area contributed by atoms with E-state index < -0.39 is 5.97 Å². The Hall–Kier alpha value is -2.14. The van der Waals surface area contributed by atoms with Crippen molar-refractivity contribution in [3.8, 4) is 0 Å². The smallest absolute Gasteiger partial charge is 0.338 e. The highest BCUT2D eigenvalue weighted by atomic mass is 35.5. The van der Waals surface area contributed by atoms with Crippen molar-refractivity contribution in [2.45, 2.75) is 32.7 Å². The van der Waals surface area contributed by atoms with E-state index in [1.54, 1.807) is 0 Å². The number of Topliss-reactive ketones (excluding diaryl/α,β-unsaturated/α-hetero) is 1. The van der Waals surface area contributed by atoms with Crippen molar-refractivity contribution >= 4 is 23.4 Å². The van der Waals surface area contributed by atoms with E-state index in [4.69, 9.17) is 16.3 Å². The van der Waals surface area contributed by atoms with Gasteiger partial charge >= 0.3 is 5.97 Å². The topological polar surface area (TPSA) is 61.2 Å². The highest BCUT2D eigenvalue weighted by Crippen LogP contribution is 2.38. The van der Waals surface area contributed by atoms with Crippen LogP contribution in [0.4, 0.5) is 0 Å². The molecule has 0 aliphatic heterocycles. The van der Waals surface area contributed by atoms with Gasteiger partial charge in [0.25, 0.3) is 0 Å². The highest BCUT2D eigenvalue weighted by Gasteiger charge is 2.28. The molecule has 1 saturated carbocycles. The van der Waals surface area contributed by atoms with Gasteiger partial charge in [-0.1, -0.05) is 11.6 Å². The number of carbonyl (C=O) groups excluding carboxylic acids is 2. The molecule has 0 spiro atoms. The van der Waals surface area contributed by atoms with Gasteiger partial charge < -0.3 is 9.30 Å². The number of aromatic nitrogens is 2. The molecule has 6 heteroatoms. The fourth-order valence-electron chi connectivity index (χ4n) is 2.78. The standard InChI is InChI=1S/C17H17ClN2O3/c1-10-7-14(11(2)20(10)13-3-4-13)15(21)9-23-17(22)12-5-6-19-16(18)8-12/h5-8,13H,3-4,9H2,1-2H3. The van der Waals surface area contributed by atoms with Crippen LogP contribution in [-0.2, 0) is 4.74 Å². The monoisotopic (exact) mass is 332 g/mol. The van der Waals surface area contributed by atoms with Gasteiger partial charge in [-0.05, 0) is 44.9 Å². The van der Waals surface area contributed by atoms with Crippen LogP contribution in [0.2, 0.25) is 5.15 Å². The molecule has 120 valence electrons. The number of nitrogens with zero attached hydrogens (tertiary/aromatic N) is 2. The first kappa shape index (κ1) is 15.7. The maximum atomic E-state index is 12.3. The lowest BCUT2D eigenvalue weighted by Gasteiger charge is -2.08. The lowest BCUT2D eigenvalue weighted by Crippen LogP contribution is -2.15. The third-order valence-corrected chi connectivity index (χ3v) is 4.20. The van der Waals surface area contributed by atoms with Crippen LogP contribution >= 0.6 is 11.6 Å². The molecule has 0 bridgehead atoms. The molecule has 2 aromatic heterocycles. The van der Waals surface area contributed by atoms with E-state index >= 15 is 0 Å². The Kier molecular flexibility index (Phi) is 4.22. The number of hydrogen-bond acceptors (Lipinski definition) is 4. The average molecular weight is 333 g/mol. The SMILES string of the molecule is Cc1cc(C(=O)COC(=O)c2ccnc(Cl)c2)c(C)n1C1CC1. The van der Waals surface area contributed by atoms with Crippen LogP contribution in [0.1, 0.15) is 51.0 Å². The van der Waals surface area contributed by atoms with E-state index in [1.807, 2.05) is 19.9 Å². The van der Waals surface area contributed by atoms with Gasteiger partial charge in [0.05, 0.1) is 5.56 Å². The molecule has 1 aliphatic rings. The molecule has 5 nitrogen and oxygen atoms in total. The molecule has 2 aromatic rings. The summed E-state index contributed by atoms with van der Waals surface area (Å²) in [5, 5.41) is 0.207. The Bertz CT molecular complexity index is 778. The first-order valence-electron chi connectivity index (χ1n) is 7.47. The van der Waals surface area contributed by atoms with Crippen LogP contribution in [0.3, 0.4) is 0 Å². The van der Waals surface area contributed by atoms with Crippen molar-refractivity contribution in [2.75, 3.05) is 6.61 Å². The Morgan fingerprint density at radius 2 is 2.09 bits per heavy atom. The summed E-state index contributed by atoms with van der Waals surface area (Å²) in [6, 6.07) is 5.29. The minimum absolute atomic E-state index is 0.196. The zero-order valence-corrected chi connectivity index (χ0v) is 13.8. The predicted octanol–water partition coefficient (Wildman–Crippen LogP) is 3.53. The zero-order chi connectivity index (χ0) is 16.6. The minimum atomic E-state index is -0.585. The molecular formula is C17H17ClN2O3. The van der Waals surface area contributed by atoms with Gasteiger partial charge in [0.1, 0.15) is 5.15 Å². The lowest BCUT2D eigenvalue weighted by atomic mass is 10.1. The third kappa shape index (κ3) is 3.29. The molecule has 3 rings (SSSR count). The van der Waals surface area contributed by atoms with Crippen LogP contribution < -0.4 is 0 Å². The highest BCUT2D eigenvalue weighted by molar-refractivity contribution is 6.29. The van der Waals surface area contributed by atoms with Gasteiger partial charge in [-0.3, -0.25) is 4.79 Å². The number of esters is 1. The summed E-state index contributed by atoms with van der Waals surface area (Å²) in [4.78, 5) is 28.1. The van der Waals surface area contributed by atoms with Crippen molar-refractivity contribution in [3.63, 3.8) is 0 Å². The van der Waals surface area contributed by atoms with Gasteiger partial charge in [-0.25, -0.2) is 9.78 Å². The van der Waals surface area contributed by atoms with Crippen LogP contribution in [0.25, 0.3) is 0 Å². The van der Waals surface area contributed by atoms with Gasteiger partial charge in [-0.2, -0.15) is 0 Å². The molecular weight excluding hydrogens is 316 g/mol. The lowest BCUT2D eigenvalue weighted by molar-refractivity contribution is 0.0474. The molecule has 1 fully saturated rings. The Balaban J connectivity index is 1.68. The normalized spacial score (nSPS) is 13.9. The molecule has 1 aliphatic carbocycles. The van der Waals surface area contributed by atoms with E-state index in [2.05, 4.69) is 9.55 Å². The van der Waals surface area contributed by atoms with Crippen molar-refractivity contribution in [2.24, 2.45) is 0 Å². The second kappa shape index (κ2) is 6.16. The Morgan fingerprint density at radius 1 is 1.35 bits per heavy atom. The Morgan fingerprint density at radius 3 is 2.74 bits per heavy atom. The molecule has 2 heterocycles. The molecule has 0 saturated heterocycles. The maximum Gasteiger partial charge on any atom is 0.338 e. The van der Waals surface area contributed by atoms with Gasteiger partial charge in [0, 0.05) is 29.2 Å². The molecule has 23 heavy (non-hydrogen) atoms. The number of ether oxygens (including phenoxy) is 1. The summed E-state index contributed by atoms with van der Waals surface area (Å²) in [5.41, 5.74) is 2.91. The average Bonchev–Trinajstić information content (AvgIpc) is 3.30. The van der Waals surface area contributed by atoms with Crippen LogP contribution in [0, 0.1) is 13.8 Å². The number of pyridine rings is 1. The number of hydrogen-bond donors (Lipinski definition) is 0. The molecule has 0 aromatic carbocycles. The van der Waals surface area contributed by atoms with Gasteiger partial charge in [0.2, 0.25) is 5.78 Å². The van der Waals surface area contributed by atoms with E-state index in [1.165, 1.54) is 18.3 Å². The van der Waals surface area contributed by atoms with Crippen LogP contribution in [-0.4, -0.2) is 27.9 Å².